The Hall–Kier alpha value is -1.87. The average Bonchev–Trinajstić information content (AvgIpc) is 2.67. The number of piperazine rings is 1. The van der Waals surface area contributed by atoms with E-state index in [1.165, 1.54) is 18.4 Å². The molecule has 164 valence electrons. The molecular formula is C20H34FN5O2S. The lowest BCUT2D eigenvalue weighted by Gasteiger charge is -2.35. The SMILES string of the molecule is CCNC(=NCCN1CCN(c2ccc(F)cc2)CC1)NC(C)CCS(C)(=O)=O. The fourth-order valence-corrected chi connectivity index (χ4v) is 3.98. The van der Waals surface area contributed by atoms with Crippen LogP contribution in [0.5, 0.6) is 0 Å². The topological polar surface area (TPSA) is 77.0 Å². The van der Waals surface area contributed by atoms with Gasteiger partial charge in [0.15, 0.2) is 5.96 Å². The Morgan fingerprint density at radius 3 is 2.45 bits per heavy atom. The molecular weight excluding hydrogens is 393 g/mol. The number of sulfone groups is 1. The van der Waals surface area contributed by atoms with Gasteiger partial charge in [0.2, 0.25) is 0 Å². The lowest BCUT2D eigenvalue weighted by atomic mass is 10.2. The highest BCUT2D eigenvalue weighted by molar-refractivity contribution is 7.90. The molecule has 2 N–H and O–H groups in total. The Labute approximate surface area is 174 Å². The van der Waals surface area contributed by atoms with Crippen molar-refractivity contribution in [3.8, 4) is 0 Å². The lowest BCUT2D eigenvalue weighted by Crippen LogP contribution is -2.47. The van der Waals surface area contributed by atoms with E-state index in [0.717, 1.165) is 50.9 Å². The molecule has 29 heavy (non-hydrogen) atoms. The summed E-state index contributed by atoms with van der Waals surface area (Å²) >= 11 is 0. The Morgan fingerprint density at radius 1 is 1.21 bits per heavy atom. The maximum absolute atomic E-state index is 13.1. The van der Waals surface area contributed by atoms with E-state index in [1.54, 1.807) is 0 Å². The van der Waals surface area contributed by atoms with Crippen LogP contribution < -0.4 is 15.5 Å². The molecule has 0 saturated carbocycles. The Morgan fingerprint density at radius 2 is 1.86 bits per heavy atom. The molecule has 1 fully saturated rings. The number of hydrogen-bond donors (Lipinski definition) is 2. The summed E-state index contributed by atoms with van der Waals surface area (Å²) in [4.78, 5) is 9.27. The molecule has 7 nitrogen and oxygen atoms in total. The number of nitrogens with zero attached hydrogens (tertiary/aromatic N) is 3. The van der Waals surface area contributed by atoms with Crippen molar-refractivity contribution >= 4 is 21.5 Å². The molecule has 1 aromatic carbocycles. The van der Waals surface area contributed by atoms with Crippen LogP contribution in [-0.4, -0.2) is 83.1 Å². The van der Waals surface area contributed by atoms with E-state index in [-0.39, 0.29) is 17.6 Å². The van der Waals surface area contributed by atoms with Crippen molar-refractivity contribution in [3.05, 3.63) is 30.1 Å². The highest BCUT2D eigenvalue weighted by atomic mass is 32.2. The third-order valence-electron chi connectivity index (χ3n) is 4.90. The van der Waals surface area contributed by atoms with E-state index < -0.39 is 9.84 Å². The van der Waals surface area contributed by atoms with Crippen molar-refractivity contribution in [2.24, 2.45) is 4.99 Å². The van der Waals surface area contributed by atoms with E-state index in [0.29, 0.717) is 13.0 Å². The van der Waals surface area contributed by atoms with Crippen molar-refractivity contribution in [3.63, 3.8) is 0 Å². The first kappa shape index (κ1) is 23.4. The van der Waals surface area contributed by atoms with Crippen LogP contribution in [0.25, 0.3) is 0 Å². The summed E-state index contributed by atoms with van der Waals surface area (Å²) in [6, 6.07) is 6.69. The van der Waals surface area contributed by atoms with Crippen molar-refractivity contribution in [1.29, 1.82) is 0 Å². The quantitative estimate of drug-likeness (QED) is 0.457. The molecule has 1 aliphatic heterocycles. The number of halogens is 1. The van der Waals surface area contributed by atoms with Crippen LogP contribution in [0.2, 0.25) is 0 Å². The molecule has 9 heteroatoms. The zero-order valence-electron chi connectivity index (χ0n) is 17.7. The molecule has 1 aromatic rings. The van der Waals surface area contributed by atoms with Crippen LogP contribution in [0.3, 0.4) is 0 Å². The molecule has 0 amide bonds. The van der Waals surface area contributed by atoms with Crippen molar-refractivity contribution in [2.45, 2.75) is 26.3 Å². The fourth-order valence-electron chi connectivity index (χ4n) is 3.20. The first-order chi connectivity index (χ1) is 13.8. The minimum absolute atomic E-state index is 0.0294. The van der Waals surface area contributed by atoms with Gasteiger partial charge in [0.05, 0.1) is 12.3 Å². The number of anilines is 1. The number of aliphatic imine (C=N–C) groups is 1. The van der Waals surface area contributed by atoms with E-state index in [1.807, 2.05) is 26.0 Å². The van der Waals surface area contributed by atoms with Gasteiger partial charge in [-0.2, -0.15) is 0 Å². The summed E-state index contributed by atoms with van der Waals surface area (Å²) in [5.74, 6) is 0.679. The summed E-state index contributed by atoms with van der Waals surface area (Å²) in [5, 5.41) is 6.49. The predicted molar refractivity (Wildman–Crippen MR) is 118 cm³/mol. The number of hydrogen-bond acceptors (Lipinski definition) is 5. The minimum atomic E-state index is -2.96. The van der Waals surface area contributed by atoms with Gasteiger partial charge in [-0.3, -0.25) is 9.89 Å². The zero-order chi connectivity index (χ0) is 21.3. The van der Waals surface area contributed by atoms with E-state index in [9.17, 15) is 12.8 Å². The van der Waals surface area contributed by atoms with Crippen LogP contribution >= 0.6 is 0 Å². The number of guanidine groups is 1. The van der Waals surface area contributed by atoms with E-state index in [2.05, 4.69) is 25.4 Å². The van der Waals surface area contributed by atoms with Crippen LogP contribution in [0.4, 0.5) is 10.1 Å². The van der Waals surface area contributed by atoms with Crippen LogP contribution in [0, 0.1) is 5.82 Å². The second-order valence-electron chi connectivity index (χ2n) is 7.53. The smallest absolute Gasteiger partial charge is 0.191 e. The molecule has 0 spiro atoms. The van der Waals surface area contributed by atoms with E-state index in [4.69, 9.17) is 0 Å². The van der Waals surface area contributed by atoms with Gasteiger partial charge in [0.1, 0.15) is 15.7 Å². The van der Waals surface area contributed by atoms with Crippen LogP contribution in [0.1, 0.15) is 20.3 Å². The molecule has 0 aromatic heterocycles. The highest BCUT2D eigenvalue weighted by Crippen LogP contribution is 2.16. The summed E-state index contributed by atoms with van der Waals surface area (Å²) in [5.41, 5.74) is 1.06. The van der Waals surface area contributed by atoms with Gasteiger partial charge in [-0.05, 0) is 44.5 Å². The van der Waals surface area contributed by atoms with E-state index >= 15 is 0 Å². The average molecular weight is 428 g/mol. The van der Waals surface area contributed by atoms with Gasteiger partial charge in [-0.1, -0.05) is 0 Å². The van der Waals surface area contributed by atoms with Crippen LogP contribution in [0.15, 0.2) is 29.3 Å². The monoisotopic (exact) mass is 427 g/mol. The van der Waals surface area contributed by atoms with Crippen molar-refractivity contribution < 1.29 is 12.8 Å². The minimum Gasteiger partial charge on any atom is -0.369 e. The molecule has 1 unspecified atom stereocenters. The van der Waals surface area contributed by atoms with Gasteiger partial charge >= 0.3 is 0 Å². The Kier molecular flexibility index (Phi) is 9.16. The second-order valence-corrected chi connectivity index (χ2v) is 9.79. The summed E-state index contributed by atoms with van der Waals surface area (Å²) in [6.07, 6.45) is 1.81. The van der Waals surface area contributed by atoms with Crippen LogP contribution in [-0.2, 0) is 9.84 Å². The third-order valence-corrected chi connectivity index (χ3v) is 5.88. The molecule has 2 rings (SSSR count). The normalized spacial score (nSPS) is 17.2. The predicted octanol–water partition coefficient (Wildman–Crippen LogP) is 1.33. The van der Waals surface area contributed by atoms with Gasteiger partial charge in [0, 0.05) is 57.3 Å². The lowest BCUT2D eigenvalue weighted by molar-refractivity contribution is 0.265. The molecule has 1 saturated heterocycles. The number of rotatable bonds is 9. The number of benzene rings is 1. The van der Waals surface area contributed by atoms with Gasteiger partial charge in [0.25, 0.3) is 0 Å². The molecule has 0 bridgehead atoms. The Bertz CT molecular complexity index is 747. The maximum atomic E-state index is 13.1. The zero-order valence-corrected chi connectivity index (χ0v) is 18.5. The highest BCUT2D eigenvalue weighted by Gasteiger charge is 2.17. The Balaban J connectivity index is 1.75. The van der Waals surface area contributed by atoms with Crippen molar-refractivity contribution in [2.75, 3.05) is 62.7 Å². The van der Waals surface area contributed by atoms with Gasteiger partial charge in [-0.15, -0.1) is 0 Å². The molecule has 0 aliphatic carbocycles. The summed E-state index contributed by atoms with van der Waals surface area (Å²) < 4.78 is 35.7. The first-order valence-electron chi connectivity index (χ1n) is 10.2. The van der Waals surface area contributed by atoms with Crippen molar-refractivity contribution in [1.82, 2.24) is 15.5 Å². The second kappa shape index (κ2) is 11.3. The summed E-state index contributed by atoms with van der Waals surface area (Å²) in [7, 11) is -2.96. The first-order valence-corrected chi connectivity index (χ1v) is 12.3. The third kappa shape index (κ3) is 8.99. The molecule has 1 atom stereocenters. The molecule has 0 radical (unpaired) electrons. The maximum Gasteiger partial charge on any atom is 0.191 e. The molecule has 1 aliphatic rings. The largest absolute Gasteiger partial charge is 0.369 e. The molecule has 1 heterocycles. The van der Waals surface area contributed by atoms with Gasteiger partial charge in [-0.25, -0.2) is 12.8 Å². The standard InChI is InChI=1S/C20H34FN5O2S/c1-4-22-20(24-17(2)9-16-29(3,27)28)23-10-11-25-12-14-26(15-13-25)19-7-5-18(21)6-8-19/h5-8,17H,4,9-16H2,1-3H3,(H2,22,23,24). The number of nitrogens with one attached hydrogen (secondary N) is 2. The fraction of sp³-hybridized carbons (Fsp3) is 0.650. The summed E-state index contributed by atoms with van der Waals surface area (Å²) in [6.45, 7) is 9.98. The van der Waals surface area contributed by atoms with Gasteiger partial charge < -0.3 is 15.5 Å².